The highest BCUT2D eigenvalue weighted by molar-refractivity contribution is 7.89. The summed E-state index contributed by atoms with van der Waals surface area (Å²) in [4.78, 5) is 9.36. The van der Waals surface area contributed by atoms with Crippen molar-refractivity contribution in [3.63, 3.8) is 0 Å². The molecule has 0 aromatic heterocycles. The molecule has 0 spiro atoms. The minimum absolute atomic E-state index is 0.160. The lowest BCUT2D eigenvalue weighted by Crippen LogP contribution is -2.32. The van der Waals surface area contributed by atoms with E-state index in [0.717, 1.165) is 22.5 Å². The maximum absolute atomic E-state index is 13.2. The predicted octanol–water partition coefficient (Wildman–Crippen LogP) is 0.456. The molecular formula is C10H12FN3O4S. The smallest absolute Gasteiger partial charge is 0.306 e. The molecule has 9 heteroatoms. The highest BCUT2D eigenvalue weighted by Gasteiger charge is 2.32. The van der Waals surface area contributed by atoms with Crippen LogP contribution in [0.25, 0.3) is 0 Å². The first-order chi connectivity index (χ1) is 8.82. The maximum atomic E-state index is 13.2. The first kappa shape index (κ1) is 13.8. The third kappa shape index (κ3) is 2.57. The van der Waals surface area contributed by atoms with Crippen molar-refractivity contribution in [1.29, 1.82) is 0 Å². The van der Waals surface area contributed by atoms with Gasteiger partial charge in [-0.25, -0.2) is 8.42 Å². The molecular weight excluding hydrogens is 277 g/mol. The second kappa shape index (κ2) is 4.83. The summed E-state index contributed by atoms with van der Waals surface area (Å²) >= 11 is 0. The van der Waals surface area contributed by atoms with E-state index in [1.807, 2.05) is 0 Å². The number of hydrogen-bond acceptors (Lipinski definition) is 5. The lowest BCUT2D eigenvalue weighted by Gasteiger charge is -2.15. The molecule has 0 unspecified atom stereocenters. The molecule has 1 aromatic carbocycles. The summed E-state index contributed by atoms with van der Waals surface area (Å²) in [6.07, 6.45) is 0.530. The van der Waals surface area contributed by atoms with Crippen molar-refractivity contribution >= 4 is 15.7 Å². The third-order valence-electron chi connectivity index (χ3n) is 2.94. The van der Waals surface area contributed by atoms with E-state index in [-0.39, 0.29) is 24.0 Å². The van der Waals surface area contributed by atoms with Gasteiger partial charge in [-0.3, -0.25) is 10.1 Å². The molecule has 2 N–H and O–H groups in total. The average molecular weight is 289 g/mol. The monoisotopic (exact) mass is 289 g/mol. The van der Waals surface area contributed by atoms with E-state index in [1.165, 1.54) is 0 Å². The Morgan fingerprint density at radius 3 is 2.68 bits per heavy atom. The Hall–Kier alpha value is -1.58. The Bertz CT molecular complexity index is 619. The zero-order chi connectivity index (χ0) is 14.2. The van der Waals surface area contributed by atoms with Gasteiger partial charge in [-0.15, -0.1) is 0 Å². The van der Waals surface area contributed by atoms with Gasteiger partial charge >= 0.3 is 5.69 Å². The Kier molecular flexibility index (Phi) is 3.52. The Balaban J connectivity index is 2.41. The predicted molar refractivity (Wildman–Crippen MR) is 64.4 cm³/mol. The molecule has 0 bridgehead atoms. The van der Waals surface area contributed by atoms with Gasteiger partial charge in [0.15, 0.2) is 0 Å². The highest BCUT2D eigenvalue weighted by atomic mass is 32.2. The van der Waals surface area contributed by atoms with Crippen molar-refractivity contribution < 1.29 is 17.7 Å². The van der Waals surface area contributed by atoms with Crippen LogP contribution in [0.5, 0.6) is 0 Å². The summed E-state index contributed by atoms with van der Waals surface area (Å²) in [6.45, 7) is 0.419. The van der Waals surface area contributed by atoms with Crippen LogP contribution in [0.2, 0.25) is 0 Å². The summed E-state index contributed by atoms with van der Waals surface area (Å²) in [5.41, 5.74) is 4.77. The van der Waals surface area contributed by atoms with Gasteiger partial charge in [0.25, 0.3) is 0 Å². The van der Waals surface area contributed by atoms with E-state index in [0.29, 0.717) is 6.42 Å². The summed E-state index contributed by atoms with van der Waals surface area (Å²) in [5, 5.41) is 10.6. The standard InChI is InChI=1S/C10H12FN3O4S/c11-9-2-1-8(5-10(9)14(15)16)19(17,18)13-4-3-7(12)6-13/h1-2,5,7H,3-4,6,12H2/t7-/m0/s1. The molecule has 1 heterocycles. The highest BCUT2D eigenvalue weighted by Crippen LogP contribution is 2.25. The molecule has 2 rings (SSSR count). The Morgan fingerprint density at radius 1 is 1.47 bits per heavy atom. The fraction of sp³-hybridized carbons (Fsp3) is 0.400. The summed E-state index contributed by atoms with van der Waals surface area (Å²) in [5.74, 6) is -1.07. The van der Waals surface area contributed by atoms with Crippen LogP contribution in [0, 0.1) is 15.9 Å². The maximum Gasteiger partial charge on any atom is 0.306 e. The molecule has 1 saturated heterocycles. The number of rotatable bonds is 3. The summed E-state index contributed by atoms with van der Waals surface area (Å²) in [6, 6.07) is 2.28. The van der Waals surface area contributed by atoms with Crippen molar-refractivity contribution in [3.8, 4) is 0 Å². The number of nitro benzene ring substituents is 1. The number of sulfonamides is 1. The molecule has 0 saturated carbocycles. The Labute approximate surface area is 109 Å². The normalized spacial score (nSPS) is 20.6. The summed E-state index contributed by atoms with van der Waals surface area (Å²) < 4.78 is 38.7. The molecule has 0 radical (unpaired) electrons. The van der Waals surface area contributed by atoms with E-state index < -0.39 is 26.5 Å². The van der Waals surface area contributed by atoms with Crippen molar-refractivity contribution in [2.75, 3.05) is 13.1 Å². The van der Waals surface area contributed by atoms with Crippen LogP contribution in [0.15, 0.2) is 23.1 Å². The van der Waals surface area contributed by atoms with E-state index in [4.69, 9.17) is 5.73 Å². The van der Waals surface area contributed by atoms with Crippen molar-refractivity contribution in [2.45, 2.75) is 17.4 Å². The van der Waals surface area contributed by atoms with E-state index in [9.17, 15) is 22.9 Å². The van der Waals surface area contributed by atoms with Gasteiger partial charge in [-0.1, -0.05) is 0 Å². The molecule has 0 amide bonds. The number of benzene rings is 1. The largest absolute Gasteiger partial charge is 0.326 e. The molecule has 1 aliphatic heterocycles. The second-order valence-electron chi connectivity index (χ2n) is 4.28. The van der Waals surface area contributed by atoms with Crippen LogP contribution >= 0.6 is 0 Å². The minimum atomic E-state index is -3.86. The zero-order valence-corrected chi connectivity index (χ0v) is 10.6. The van der Waals surface area contributed by atoms with Gasteiger partial charge in [0.05, 0.1) is 9.82 Å². The molecule has 0 aliphatic carbocycles. The quantitative estimate of drug-likeness (QED) is 0.642. The van der Waals surface area contributed by atoms with Gasteiger partial charge < -0.3 is 5.73 Å². The molecule has 1 aromatic rings. The van der Waals surface area contributed by atoms with E-state index in [1.54, 1.807) is 0 Å². The third-order valence-corrected chi connectivity index (χ3v) is 4.80. The number of nitro groups is 1. The number of hydrogen-bond donors (Lipinski definition) is 1. The van der Waals surface area contributed by atoms with Crippen LogP contribution in [-0.2, 0) is 10.0 Å². The Morgan fingerprint density at radius 2 is 2.16 bits per heavy atom. The molecule has 19 heavy (non-hydrogen) atoms. The molecule has 104 valence electrons. The van der Waals surface area contributed by atoms with Gasteiger partial charge in [0.2, 0.25) is 15.8 Å². The fourth-order valence-corrected chi connectivity index (χ4v) is 3.45. The fourth-order valence-electron chi connectivity index (χ4n) is 1.91. The minimum Gasteiger partial charge on any atom is -0.326 e. The lowest BCUT2D eigenvalue weighted by atomic mass is 10.3. The summed E-state index contributed by atoms with van der Waals surface area (Å²) in [7, 11) is -3.86. The number of nitrogens with zero attached hydrogens (tertiary/aromatic N) is 2. The number of halogens is 1. The second-order valence-corrected chi connectivity index (χ2v) is 6.22. The van der Waals surface area contributed by atoms with Crippen LogP contribution in [0.1, 0.15) is 6.42 Å². The van der Waals surface area contributed by atoms with Crippen molar-refractivity contribution in [2.24, 2.45) is 5.73 Å². The first-order valence-electron chi connectivity index (χ1n) is 5.52. The lowest BCUT2D eigenvalue weighted by molar-refractivity contribution is -0.387. The van der Waals surface area contributed by atoms with Gasteiger partial charge in [0.1, 0.15) is 0 Å². The van der Waals surface area contributed by atoms with Crippen LogP contribution in [-0.4, -0.2) is 36.8 Å². The van der Waals surface area contributed by atoms with E-state index >= 15 is 0 Å². The van der Waals surface area contributed by atoms with Crippen LogP contribution < -0.4 is 5.73 Å². The van der Waals surface area contributed by atoms with Gasteiger partial charge in [-0.05, 0) is 18.6 Å². The first-order valence-corrected chi connectivity index (χ1v) is 6.96. The molecule has 1 fully saturated rings. The SMILES string of the molecule is N[C@H]1CCN(S(=O)(=O)c2ccc(F)c([N+](=O)[O-])c2)C1. The number of nitrogens with two attached hydrogens (primary N) is 1. The van der Waals surface area contributed by atoms with Crippen molar-refractivity contribution in [1.82, 2.24) is 4.31 Å². The topological polar surface area (TPSA) is 107 Å². The van der Waals surface area contributed by atoms with Crippen molar-refractivity contribution in [3.05, 3.63) is 34.1 Å². The van der Waals surface area contributed by atoms with Crippen LogP contribution in [0.4, 0.5) is 10.1 Å². The zero-order valence-electron chi connectivity index (χ0n) is 9.82. The average Bonchev–Trinajstić information content (AvgIpc) is 2.76. The van der Waals surface area contributed by atoms with Gasteiger partial charge in [-0.2, -0.15) is 8.70 Å². The van der Waals surface area contributed by atoms with E-state index in [2.05, 4.69) is 0 Å². The van der Waals surface area contributed by atoms with Gasteiger partial charge in [0, 0.05) is 25.2 Å². The van der Waals surface area contributed by atoms with Crippen LogP contribution in [0.3, 0.4) is 0 Å². The molecule has 1 aliphatic rings. The molecule has 1 atom stereocenters. The molecule has 7 nitrogen and oxygen atoms in total.